The number of fused-ring (bicyclic) bond motifs is 1. The van der Waals surface area contributed by atoms with Crippen LogP contribution in [0, 0.1) is 0 Å². The van der Waals surface area contributed by atoms with Crippen molar-refractivity contribution in [3.8, 4) is 0 Å². The van der Waals surface area contributed by atoms with Crippen LogP contribution in [-0.4, -0.2) is 23.6 Å². The number of carbonyl (C=O) groups excluding carboxylic acids is 1. The van der Waals surface area contributed by atoms with Gasteiger partial charge in [0.2, 0.25) is 5.89 Å². The zero-order chi connectivity index (χ0) is 16.7. The lowest BCUT2D eigenvalue weighted by atomic mass is 9.77. The number of ether oxygens (including phenoxy) is 1. The first-order valence-corrected chi connectivity index (χ1v) is 7.14. The summed E-state index contributed by atoms with van der Waals surface area (Å²) in [6.07, 6.45) is -2.22. The van der Waals surface area contributed by atoms with E-state index >= 15 is 0 Å². The Balaban J connectivity index is 1.77. The Hall–Kier alpha value is -2.09. The smallest absolute Gasteiger partial charge is 0.416 e. The Morgan fingerprint density at radius 3 is 2.74 bits per heavy atom. The second-order valence-corrected chi connectivity index (χ2v) is 5.57. The second kappa shape index (κ2) is 5.52. The molecular weight excluding hydrogens is 313 g/mol. The number of hydrogen-bond donors (Lipinski definition) is 1. The lowest BCUT2D eigenvalue weighted by molar-refractivity contribution is -0.152. The van der Waals surface area contributed by atoms with Gasteiger partial charge in [-0.05, 0) is 37.5 Å². The van der Waals surface area contributed by atoms with E-state index in [1.54, 1.807) is 0 Å². The number of oxazole rings is 1. The third-order valence-electron chi connectivity index (χ3n) is 4.12. The fourth-order valence-electron chi connectivity index (χ4n) is 2.65. The van der Waals surface area contributed by atoms with Crippen molar-refractivity contribution in [3.63, 3.8) is 0 Å². The Bertz CT molecular complexity index is 735. The molecule has 1 saturated carbocycles. The molecule has 124 valence electrons. The van der Waals surface area contributed by atoms with Crippen molar-refractivity contribution in [3.05, 3.63) is 29.7 Å². The first-order valence-electron chi connectivity index (χ1n) is 7.14. The van der Waals surface area contributed by atoms with Crippen molar-refractivity contribution < 1.29 is 27.1 Å². The van der Waals surface area contributed by atoms with Crippen LogP contribution in [0.1, 0.15) is 30.7 Å². The van der Waals surface area contributed by atoms with E-state index in [1.807, 2.05) is 0 Å². The predicted molar refractivity (Wildman–Crippen MR) is 74.4 cm³/mol. The van der Waals surface area contributed by atoms with E-state index < -0.39 is 17.3 Å². The second-order valence-electron chi connectivity index (χ2n) is 5.57. The Morgan fingerprint density at radius 2 is 2.17 bits per heavy atom. The molecule has 1 aliphatic carbocycles. The zero-order valence-corrected chi connectivity index (χ0v) is 12.4. The van der Waals surface area contributed by atoms with Crippen LogP contribution in [0.15, 0.2) is 22.6 Å². The number of rotatable bonds is 4. The maximum atomic E-state index is 12.7. The van der Waals surface area contributed by atoms with Crippen LogP contribution < -0.4 is 5.32 Å². The largest absolute Gasteiger partial charge is 0.468 e. The molecule has 8 heteroatoms. The molecule has 0 radical (unpaired) electrons. The fourth-order valence-corrected chi connectivity index (χ4v) is 2.65. The van der Waals surface area contributed by atoms with E-state index in [2.05, 4.69) is 10.3 Å². The number of methoxy groups -OCH3 is 1. The summed E-state index contributed by atoms with van der Waals surface area (Å²) < 4.78 is 48.3. The van der Waals surface area contributed by atoms with E-state index in [0.29, 0.717) is 12.8 Å². The van der Waals surface area contributed by atoms with Gasteiger partial charge in [-0.15, -0.1) is 0 Å². The summed E-state index contributed by atoms with van der Waals surface area (Å²) in [6, 6.07) is 3.14. The summed E-state index contributed by atoms with van der Waals surface area (Å²) in [5, 5.41) is 3.05. The topological polar surface area (TPSA) is 64.4 Å². The van der Waals surface area contributed by atoms with E-state index in [4.69, 9.17) is 9.15 Å². The van der Waals surface area contributed by atoms with Crippen molar-refractivity contribution in [2.45, 2.75) is 37.5 Å². The van der Waals surface area contributed by atoms with Crippen LogP contribution in [0.2, 0.25) is 0 Å². The number of benzene rings is 1. The zero-order valence-electron chi connectivity index (χ0n) is 12.4. The third-order valence-corrected chi connectivity index (χ3v) is 4.12. The van der Waals surface area contributed by atoms with E-state index in [9.17, 15) is 18.0 Å². The van der Waals surface area contributed by atoms with E-state index in [-0.39, 0.29) is 29.5 Å². The van der Waals surface area contributed by atoms with Crippen LogP contribution in [0.3, 0.4) is 0 Å². The van der Waals surface area contributed by atoms with Gasteiger partial charge in [-0.1, -0.05) is 0 Å². The summed E-state index contributed by atoms with van der Waals surface area (Å²) in [4.78, 5) is 15.9. The van der Waals surface area contributed by atoms with Crippen molar-refractivity contribution in [2.75, 3.05) is 7.11 Å². The highest BCUT2D eigenvalue weighted by molar-refractivity contribution is 5.81. The van der Waals surface area contributed by atoms with Gasteiger partial charge in [0, 0.05) is 0 Å². The number of esters is 1. The van der Waals surface area contributed by atoms with Crippen molar-refractivity contribution in [2.24, 2.45) is 0 Å². The van der Waals surface area contributed by atoms with Gasteiger partial charge in [0.1, 0.15) is 11.1 Å². The first-order chi connectivity index (χ1) is 10.8. The first kappa shape index (κ1) is 15.8. The Morgan fingerprint density at radius 1 is 1.43 bits per heavy atom. The van der Waals surface area contributed by atoms with Gasteiger partial charge < -0.3 is 9.15 Å². The number of nitrogens with one attached hydrogen (secondary N) is 1. The molecule has 1 fully saturated rings. The molecule has 1 aromatic carbocycles. The molecule has 0 unspecified atom stereocenters. The van der Waals surface area contributed by atoms with Crippen molar-refractivity contribution in [1.82, 2.24) is 10.3 Å². The number of alkyl halides is 3. The van der Waals surface area contributed by atoms with E-state index in [0.717, 1.165) is 18.6 Å². The third kappa shape index (κ3) is 2.90. The monoisotopic (exact) mass is 328 g/mol. The molecule has 0 amide bonds. The van der Waals surface area contributed by atoms with Gasteiger partial charge in [0.25, 0.3) is 0 Å². The van der Waals surface area contributed by atoms with Gasteiger partial charge >= 0.3 is 12.1 Å². The molecule has 0 bridgehead atoms. The summed E-state index contributed by atoms with van der Waals surface area (Å²) in [5.74, 6) is -0.117. The lowest BCUT2D eigenvalue weighted by Crippen LogP contribution is -2.57. The molecule has 0 spiro atoms. The Kier molecular flexibility index (Phi) is 3.79. The van der Waals surface area contributed by atoms with Crippen LogP contribution in [0.4, 0.5) is 13.2 Å². The van der Waals surface area contributed by atoms with Gasteiger partial charge in [0.15, 0.2) is 5.58 Å². The highest BCUT2D eigenvalue weighted by Crippen LogP contribution is 2.34. The average Bonchev–Trinajstić information content (AvgIpc) is 2.86. The standard InChI is InChI=1S/C15H15F3N2O3/c1-22-13(21)14(5-2-6-14)19-8-12-20-10-7-9(15(16,17)18)3-4-11(10)23-12/h3-4,7,19H,2,5-6,8H2,1H3. The normalized spacial score (nSPS) is 17.0. The number of aromatic nitrogens is 1. The van der Waals surface area contributed by atoms with Gasteiger partial charge in [0.05, 0.1) is 19.2 Å². The summed E-state index contributed by atoms with van der Waals surface area (Å²) in [7, 11) is 1.32. The minimum atomic E-state index is -4.42. The van der Waals surface area contributed by atoms with Crippen molar-refractivity contribution in [1.29, 1.82) is 0 Å². The number of hydrogen-bond acceptors (Lipinski definition) is 5. The van der Waals surface area contributed by atoms with Crippen LogP contribution in [-0.2, 0) is 22.3 Å². The molecule has 2 aromatic rings. The van der Waals surface area contributed by atoms with E-state index in [1.165, 1.54) is 13.2 Å². The molecule has 1 aromatic heterocycles. The summed E-state index contributed by atoms with van der Waals surface area (Å²) in [5.41, 5.74) is -1.11. The molecule has 0 saturated heterocycles. The quantitative estimate of drug-likeness (QED) is 0.874. The van der Waals surface area contributed by atoms with Crippen LogP contribution in [0.25, 0.3) is 11.1 Å². The minimum absolute atomic E-state index is 0.136. The van der Waals surface area contributed by atoms with Crippen LogP contribution in [0.5, 0.6) is 0 Å². The molecule has 1 aliphatic rings. The molecule has 5 nitrogen and oxygen atoms in total. The summed E-state index contributed by atoms with van der Waals surface area (Å²) in [6.45, 7) is 0.144. The predicted octanol–water partition coefficient (Wildman–Crippen LogP) is 3.03. The highest BCUT2D eigenvalue weighted by Gasteiger charge is 2.45. The summed E-state index contributed by atoms with van der Waals surface area (Å²) >= 11 is 0. The number of carbonyl (C=O) groups is 1. The fraction of sp³-hybridized carbons (Fsp3) is 0.467. The maximum Gasteiger partial charge on any atom is 0.416 e. The van der Waals surface area contributed by atoms with Gasteiger partial charge in [-0.25, -0.2) is 4.98 Å². The highest BCUT2D eigenvalue weighted by atomic mass is 19.4. The van der Waals surface area contributed by atoms with Crippen LogP contribution >= 0.6 is 0 Å². The van der Waals surface area contributed by atoms with Gasteiger partial charge in [-0.3, -0.25) is 10.1 Å². The average molecular weight is 328 g/mol. The molecular formula is C15H15F3N2O3. The lowest BCUT2D eigenvalue weighted by Gasteiger charge is -2.39. The molecule has 1 heterocycles. The number of nitrogens with zero attached hydrogens (tertiary/aromatic N) is 1. The molecule has 23 heavy (non-hydrogen) atoms. The Labute approximate surface area is 129 Å². The molecule has 0 atom stereocenters. The molecule has 3 rings (SSSR count). The molecule has 0 aliphatic heterocycles. The maximum absolute atomic E-state index is 12.7. The van der Waals surface area contributed by atoms with Crippen molar-refractivity contribution >= 4 is 17.1 Å². The molecule has 1 N–H and O–H groups in total. The number of halogens is 3. The van der Waals surface area contributed by atoms with Gasteiger partial charge in [-0.2, -0.15) is 13.2 Å². The SMILES string of the molecule is COC(=O)C1(NCc2nc3cc(C(F)(F)F)ccc3o2)CCC1. The minimum Gasteiger partial charge on any atom is -0.468 e.